The van der Waals surface area contributed by atoms with Crippen LogP contribution in [-0.4, -0.2) is 30.9 Å². The van der Waals surface area contributed by atoms with Crippen LogP contribution in [0.3, 0.4) is 0 Å². The van der Waals surface area contributed by atoms with Crippen LogP contribution in [0, 0.1) is 31.1 Å². The highest BCUT2D eigenvalue weighted by atomic mass is 32.1. The molecule has 1 aromatic rings. The van der Waals surface area contributed by atoms with Gasteiger partial charge >= 0.3 is 0 Å². The van der Waals surface area contributed by atoms with Crippen LogP contribution in [0.15, 0.2) is 6.07 Å². The van der Waals surface area contributed by atoms with Gasteiger partial charge in [-0.1, -0.05) is 0 Å². The zero-order valence-electron chi connectivity index (χ0n) is 13.4. The Hall–Kier alpha value is -1.71. The monoisotopic (exact) mass is 322 g/mol. The fourth-order valence-electron chi connectivity index (χ4n) is 1.78. The zero-order valence-corrected chi connectivity index (χ0v) is 14.3. The third kappa shape index (κ3) is 5.24. The van der Waals surface area contributed by atoms with E-state index in [1.807, 2.05) is 27.7 Å². The summed E-state index contributed by atoms with van der Waals surface area (Å²) in [7, 11) is 0. The van der Waals surface area contributed by atoms with Crippen molar-refractivity contribution in [2.45, 2.75) is 40.2 Å². The molecule has 5 nitrogen and oxygen atoms in total. The Morgan fingerprint density at radius 2 is 2.09 bits per heavy atom. The summed E-state index contributed by atoms with van der Waals surface area (Å²) in [6.45, 7) is 8.61. The predicted octanol–water partition coefficient (Wildman–Crippen LogP) is 2.62. The van der Waals surface area contributed by atoms with E-state index in [0.29, 0.717) is 24.4 Å². The molecule has 0 saturated carbocycles. The lowest BCUT2D eigenvalue weighted by Crippen LogP contribution is -2.35. The lowest BCUT2D eigenvalue weighted by atomic mass is 10.0. The summed E-state index contributed by atoms with van der Waals surface area (Å²) in [6.07, 6.45) is 0.794. The molecule has 0 aliphatic carbocycles. The van der Waals surface area contributed by atoms with E-state index in [1.165, 1.54) is 11.3 Å². The molecule has 0 aliphatic heterocycles. The van der Waals surface area contributed by atoms with E-state index in [1.54, 1.807) is 12.1 Å². The summed E-state index contributed by atoms with van der Waals surface area (Å²) >= 11 is 1.32. The zero-order chi connectivity index (χ0) is 16.7. The Morgan fingerprint density at radius 3 is 2.59 bits per heavy atom. The molecule has 0 radical (unpaired) electrons. The second-order valence-corrected chi connectivity index (χ2v) is 6.60. The van der Waals surface area contributed by atoms with Crippen molar-refractivity contribution >= 4 is 23.0 Å². The molecule has 1 unspecified atom stereocenters. The van der Waals surface area contributed by atoms with Crippen molar-refractivity contribution in [1.29, 1.82) is 5.26 Å². The second kappa shape index (κ2) is 8.66. The van der Waals surface area contributed by atoms with Gasteiger partial charge in [0.15, 0.2) is 11.7 Å². The van der Waals surface area contributed by atoms with E-state index >= 15 is 0 Å². The van der Waals surface area contributed by atoms with E-state index in [2.05, 4.69) is 5.32 Å². The number of carbonyl (C=O) groups excluding carboxylic acids is 2. The molecule has 1 atom stereocenters. The van der Waals surface area contributed by atoms with E-state index in [4.69, 9.17) is 10.00 Å². The van der Waals surface area contributed by atoms with Crippen LogP contribution in [0.5, 0.6) is 0 Å². The topological polar surface area (TPSA) is 79.2 Å². The Balaban J connectivity index is 2.54. The predicted molar refractivity (Wildman–Crippen MR) is 85.9 cm³/mol. The van der Waals surface area contributed by atoms with Gasteiger partial charge in [-0.2, -0.15) is 5.26 Å². The fourth-order valence-corrected chi connectivity index (χ4v) is 2.78. The highest BCUT2D eigenvalue weighted by molar-refractivity contribution is 7.14. The summed E-state index contributed by atoms with van der Waals surface area (Å²) in [4.78, 5) is 25.7. The molecule has 1 rings (SSSR count). The lowest BCUT2D eigenvalue weighted by Gasteiger charge is -2.10. The van der Waals surface area contributed by atoms with Gasteiger partial charge in [0.2, 0.25) is 5.91 Å². The van der Waals surface area contributed by atoms with E-state index in [-0.39, 0.29) is 6.10 Å². The lowest BCUT2D eigenvalue weighted by molar-refractivity contribution is -0.122. The van der Waals surface area contributed by atoms with Crippen molar-refractivity contribution in [3.8, 4) is 6.07 Å². The molecule has 1 amide bonds. The number of ether oxygens (including phenoxy) is 1. The normalized spacial score (nSPS) is 12.0. The first-order valence-electron chi connectivity index (χ1n) is 7.27. The molecule has 1 heterocycles. The maximum absolute atomic E-state index is 12.3. The van der Waals surface area contributed by atoms with Crippen LogP contribution in [0.25, 0.3) is 0 Å². The maximum Gasteiger partial charge on any atom is 0.245 e. The number of carbonyl (C=O) groups is 2. The quantitative estimate of drug-likeness (QED) is 0.453. The van der Waals surface area contributed by atoms with Crippen LogP contribution in [0.2, 0.25) is 0 Å². The largest absolute Gasteiger partial charge is 0.379 e. The summed E-state index contributed by atoms with van der Waals surface area (Å²) in [5, 5.41) is 11.7. The Bertz CT molecular complexity index is 553. The summed E-state index contributed by atoms with van der Waals surface area (Å²) < 4.78 is 5.36. The van der Waals surface area contributed by atoms with Gasteiger partial charge in [0.25, 0.3) is 0 Å². The number of nitrogens with zero attached hydrogens (tertiary/aromatic N) is 1. The van der Waals surface area contributed by atoms with E-state index in [9.17, 15) is 9.59 Å². The Morgan fingerprint density at radius 1 is 1.41 bits per heavy atom. The van der Waals surface area contributed by atoms with Crippen LogP contribution < -0.4 is 5.32 Å². The molecule has 0 fully saturated rings. The molecule has 0 spiro atoms. The first-order chi connectivity index (χ1) is 10.4. The number of hydrogen-bond donors (Lipinski definition) is 1. The maximum atomic E-state index is 12.3. The van der Waals surface area contributed by atoms with Crippen LogP contribution in [0.1, 0.15) is 40.4 Å². The highest BCUT2D eigenvalue weighted by Gasteiger charge is 2.28. The van der Waals surface area contributed by atoms with Crippen molar-refractivity contribution in [3.63, 3.8) is 0 Å². The number of amides is 1. The number of nitriles is 1. The number of hydrogen-bond acceptors (Lipinski definition) is 5. The third-order valence-electron chi connectivity index (χ3n) is 3.13. The Labute approximate surface area is 135 Å². The van der Waals surface area contributed by atoms with Crippen LogP contribution >= 0.6 is 11.3 Å². The van der Waals surface area contributed by atoms with Crippen molar-refractivity contribution in [3.05, 3.63) is 21.4 Å². The van der Waals surface area contributed by atoms with Gasteiger partial charge in [0.05, 0.1) is 17.1 Å². The molecule has 120 valence electrons. The van der Waals surface area contributed by atoms with Gasteiger partial charge in [0, 0.05) is 18.0 Å². The number of nitrogens with one attached hydrogen (secondary N) is 1. The fraction of sp³-hybridized carbons (Fsp3) is 0.562. The number of aryl methyl sites for hydroxylation is 2. The third-order valence-corrected chi connectivity index (χ3v) is 4.30. The van der Waals surface area contributed by atoms with E-state index in [0.717, 1.165) is 10.4 Å². The minimum absolute atomic E-state index is 0.148. The summed E-state index contributed by atoms with van der Waals surface area (Å²) in [6, 6.07) is 3.53. The average molecular weight is 322 g/mol. The minimum atomic E-state index is -1.29. The van der Waals surface area contributed by atoms with Gasteiger partial charge in [-0.25, -0.2) is 0 Å². The number of ketones is 1. The first-order valence-corrected chi connectivity index (χ1v) is 8.08. The SMILES string of the molecule is Cc1cc(C(=O)C(C#N)C(=O)NCCCOC(C)C)sc1C. The van der Waals surface area contributed by atoms with Crippen molar-refractivity contribution < 1.29 is 14.3 Å². The molecule has 1 N–H and O–H groups in total. The number of Topliss-reactive ketones (excluding diaryl/α,β-unsaturated/α-hetero) is 1. The smallest absolute Gasteiger partial charge is 0.245 e. The Kier molecular flexibility index (Phi) is 7.22. The average Bonchev–Trinajstić information content (AvgIpc) is 2.78. The molecule has 0 saturated heterocycles. The molecule has 0 bridgehead atoms. The van der Waals surface area contributed by atoms with Gasteiger partial charge in [-0.15, -0.1) is 11.3 Å². The van der Waals surface area contributed by atoms with Gasteiger partial charge < -0.3 is 10.1 Å². The molecule has 0 aliphatic rings. The highest BCUT2D eigenvalue weighted by Crippen LogP contribution is 2.23. The van der Waals surface area contributed by atoms with Crippen molar-refractivity contribution in [1.82, 2.24) is 5.32 Å². The van der Waals surface area contributed by atoms with Crippen LogP contribution in [0.4, 0.5) is 0 Å². The van der Waals surface area contributed by atoms with E-state index < -0.39 is 17.6 Å². The minimum Gasteiger partial charge on any atom is -0.379 e. The van der Waals surface area contributed by atoms with Crippen LogP contribution in [-0.2, 0) is 9.53 Å². The first kappa shape index (κ1) is 18.3. The second-order valence-electron chi connectivity index (χ2n) is 5.34. The molecule has 0 aromatic carbocycles. The van der Waals surface area contributed by atoms with Gasteiger partial charge in [-0.3, -0.25) is 9.59 Å². The van der Waals surface area contributed by atoms with Gasteiger partial charge in [0.1, 0.15) is 0 Å². The molecule has 6 heteroatoms. The van der Waals surface area contributed by atoms with Crippen molar-refractivity contribution in [2.75, 3.05) is 13.2 Å². The standard InChI is InChI=1S/C16H22N2O3S/c1-10(2)21-7-5-6-18-16(20)13(9-17)15(19)14-8-11(3)12(4)22-14/h8,10,13H,5-7H2,1-4H3,(H,18,20). The molecular weight excluding hydrogens is 300 g/mol. The molecule has 1 aromatic heterocycles. The summed E-state index contributed by atoms with van der Waals surface area (Å²) in [5.74, 6) is -2.26. The number of rotatable bonds is 8. The molecule has 22 heavy (non-hydrogen) atoms. The van der Waals surface area contributed by atoms with Gasteiger partial charge in [-0.05, 0) is 45.7 Å². The molecular formula is C16H22N2O3S. The number of thiophene rings is 1. The van der Waals surface area contributed by atoms with Crippen molar-refractivity contribution in [2.24, 2.45) is 5.92 Å². The summed E-state index contributed by atoms with van der Waals surface area (Å²) in [5.41, 5.74) is 0.997.